The lowest BCUT2D eigenvalue weighted by molar-refractivity contribution is -0.162. The molecule has 0 radical (unpaired) electrons. The zero-order valence-electron chi connectivity index (χ0n) is 19.1. The summed E-state index contributed by atoms with van der Waals surface area (Å²) in [6, 6.07) is 25.0. The van der Waals surface area contributed by atoms with Gasteiger partial charge in [0.25, 0.3) is 0 Å². The zero-order chi connectivity index (χ0) is 22.9. The van der Waals surface area contributed by atoms with Crippen LogP contribution in [0.15, 0.2) is 72.8 Å². The summed E-state index contributed by atoms with van der Waals surface area (Å²) < 4.78 is 5.25. The average Bonchev–Trinajstić information content (AvgIpc) is 2.83. The molecule has 2 heterocycles. The lowest BCUT2D eigenvalue weighted by Gasteiger charge is -2.59. The molecule has 2 fully saturated rings. The summed E-state index contributed by atoms with van der Waals surface area (Å²) in [5, 5.41) is 10.1. The highest BCUT2D eigenvalue weighted by Crippen LogP contribution is 2.43. The van der Waals surface area contributed by atoms with E-state index in [0.717, 1.165) is 30.0 Å². The summed E-state index contributed by atoms with van der Waals surface area (Å²) in [7, 11) is 1.67. The first-order valence-corrected chi connectivity index (χ1v) is 11.5. The molecule has 1 N–H and O–H groups in total. The van der Waals surface area contributed by atoms with E-state index in [1.807, 2.05) is 17.0 Å². The van der Waals surface area contributed by atoms with Gasteiger partial charge in [-0.3, -0.25) is 9.69 Å². The van der Waals surface area contributed by atoms with E-state index < -0.39 is 0 Å². The van der Waals surface area contributed by atoms with E-state index in [-0.39, 0.29) is 30.5 Å². The Kier molecular flexibility index (Phi) is 5.92. The molecule has 0 aliphatic carbocycles. The Morgan fingerprint density at radius 1 is 0.939 bits per heavy atom. The van der Waals surface area contributed by atoms with Gasteiger partial charge in [-0.2, -0.15) is 0 Å². The first-order valence-electron chi connectivity index (χ1n) is 11.5. The number of amides is 1. The number of hydrogen-bond donors (Lipinski definition) is 1. The number of carbonyl (C=O) groups is 1. The third kappa shape index (κ3) is 4.14. The van der Waals surface area contributed by atoms with E-state index in [0.29, 0.717) is 6.54 Å². The number of ether oxygens (including phenoxy) is 1. The fourth-order valence-electron chi connectivity index (χ4n) is 5.32. The van der Waals surface area contributed by atoms with E-state index in [4.69, 9.17) is 4.74 Å². The minimum Gasteiger partial charge on any atom is -0.497 e. The molecule has 2 aliphatic rings. The van der Waals surface area contributed by atoms with Crippen molar-refractivity contribution >= 4 is 5.91 Å². The van der Waals surface area contributed by atoms with Crippen molar-refractivity contribution in [1.82, 2.24) is 9.80 Å². The van der Waals surface area contributed by atoms with Crippen molar-refractivity contribution in [2.24, 2.45) is 0 Å². The molecule has 0 saturated carbocycles. The van der Waals surface area contributed by atoms with E-state index in [1.54, 1.807) is 7.11 Å². The Balaban J connectivity index is 1.33. The molecular formula is C28H30N2O3. The molecule has 0 unspecified atom stereocenters. The Labute approximate surface area is 195 Å². The zero-order valence-corrected chi connectivity index (χ0v) is 19.1. The molecule has 0 aromatic heterocycles. The molecule has 5 nitrogen and oxygen atoms in total. The Morgan fingerprint density at radius 3 is 2.18 bits per heavy atom. The first-order chi connectivity index (χ1) is 16.1. The van der Waals surface area contributed by atoms with Gasteiger partial charge in [-0.1, -0.05) is 66.2 Å². The van der Waals surface area contributed by atoms with Crippen LogP contribution in [0.4, 0.5) is 0 Å². The largest absolute Gasteiger partial charge is 0.497 e. The van der Waals surface area contributed by atoms with Crippen LogP contribution in [0, 0.1) is 6.92 Å². The fourth-order valence-corrected chi connectivity index (χ4v) is 5.32. The molecule has 0 spiro atoms. The molecule has 5 rings (SSSR count). The third-order valence-electron chi connectivity index (χ3n) is 7.07. The number of aliphatic hydroxyl groups is 1. The van der Waals surface area contributed by atoms with E-state index in [9.17, 15) is 9.90 Å². The maximum atomic E-state index is 12.9. The second-order valence-electron chi connectivity index (χ2n) is 9.15. The second-order valence-corrected chi connectivity index (χ2v) is 9.15. The minimum absolute atomic E-state index is 0.00883. The van der Waals surface area contributed by atoms with Gasteiger partial charge in [0, 0.05) is 19.0 Å². The molecule has 2 saturated heterocycles. The average molecular weight is 443 g/mol. The van der Waals surface area contributed by atoms with Crippen molar-refractivity contribution in [3.05, 3.63) is 89.5 Å². The summed E-state index contributed by atoms with van der Waals surface area (Å²) in [5.74, 6) is 1.10. The van der Waals surface area contributed by atoms with Crippen LogP contribution in [0.2, 0.25) is 0 Å². The molecule has 170 valence electrons. The summed E-state index contributed by atoms with van der Waals surface area (Å²) >= 11 is 0. The van der Waals surface area contributed by atoms with Gasteiger partial charge in [0.15, 0.2) is 0 Å². The SMILES string of the molecule is COc1ccc(-c2ccc([C@H]3[C@H](CO)N4C(=O)CN(Cc5ccc(C)cc5)C[C@@H]34)cc2)cc1. The van der Waals surface area contributed by atoms with E-state index in [1.165, 1.54) is 16.7 Å². The predicted molar refractivity (Wildman–Crippen MR) is 129 cm³/mol. The van der Waals surface area contributed by atoms with Gasteiger partial charge < -0.3 is 14.7 Å². The van der Waals surface area contributed by atoms with Crippen molar-refractivity contribution in [2.45, 2.75) is 31.5 Å². The molecule has 5 heteroatoms. The summed E-state index contributed by atoms with van der Waals surface area (Å²) in [6.45, 7) is 4.07. The van der Waals surface area contributed by atoms with Crippen molar-refractivity contribution in [3.8, 4) is 16.9 Å². The van der Waals surface area contributed by atoms with E-state index in [2.05, 4.69) is 72.5 Å². The lowest BCUT2D eigenvalue weighted by Crippen LogP contribution is -2.72. The Bertz CT molecular complexity index is 1110. The number of carbonyl (C=O) groups excluding carboxylic acids is 1. The number of aryl methyl sites for hydroxylation is 1. The monoisotopic (exact) mass is 442 g/mol. The maximum absolute atomic E-state index is 12.9. The van der Waals surface area contributed by atoms with Crippen molar-refractivity contribution in [1.29, 1.82) is 0 Å². The predicted octanol–water partition coefficient (Wildman–Crippen LogP) is 3.84. The Morgan fingerprint density at radius 2 is 1.58 bits per heavy atom. The molecular weight excluding hydrogens is 412 g/mol. The minimum atomic E-state index is -0.143. The number of piperazine rings is 1. The molecule has 33 heavy (non-hydrogen) atoms. The van der Waals surface area contributed by atoms with Gasteiger partial charge in [0.05, 0.1) is 32.3 Å². The number of methoxy groups -OCH3 is 1. The normalized spacial score (nSPS) is 22.6. The third-order valence-corrected chi connectivity index (χ3v) is 7.07. The quantitative estimate of drug-likeness (QED) is 0.630. The molecule has 1 amide bonds. The Hall–Kier alpha value is -3.15. The number of benzene rings is 3. The lowest BCUT2D eigenvalue weighted by atomic mass is 9.73. The van der Waals surface area contributed by atoms with Crippen LogP contribution in [0.5, 0.6) is 5.75 Å². The maximum Gasteiger partial charge on any atom is 0.237 e. The van der Waals surface area contributed by atoms with Gasteiger partial charge in [-0.25, -0.2) is 0 Å². The number of fused-ring (bicyclic) bond motifs is 1. The molecule has 0 bridgehead atoms. The highest BCUT2D eigenvalue weighted by molar-refractivity contribution is 5.81. The standard InChI is InChI=1S/C28H30N2O3/c1-19-3-5-20(6-4-19)15-29-16-25-28(26(18-31)30(25)27(32)17-29)23-9-7-21(8-10-23)22-11-13-24(33-2)14-12-22/h3-14,25-26,28,31H,15-18H2,1-2H3/t25-,26-,28+/m0/s1. The van der Waals surface area contributed by atoms with Gasteiger partial charge in [0.1, 0.15) is 5.75 Å². The van der Waals surface area contributed by atoms with Crippen LogP contribution < -0.4 is 4.74 Å². The number of aliphatic hydroxyl groups excluding tert-OH is 1. The van der Waals surface area contributed by atoms with Gasteiger partial charge >= 0.3 is 0 Å². The summed E-state index contributed by atoms with van der Waals surface area (Å²) in [6.07, 6.45) is 0. The van der Waals surface area contributed by atoms with Crippen molar-refractivity contribution in [2.75, 3.05) is 26.8 Å². The summed E-state index contributed by atoms with van der Waals surface area (Å²) in [5.41, 5.74) is 5.91. The smallest absolute Gasteiger partial charge is 0.237 e. The molecule has 2 aliphatic heterocycles. The van der Waals surface area contributed by atoms with Crippen LogP contribution in [-0.4, -0.2) is 59.7 Å². The summed E-state index contributed by atoms with van der Waals surface area (Å²) in [4.78, 5) is 17.1. The van der Waals surface area contributed by atoms with Crippen molar-refractivity contribution < 1.29 is 14.6 Å². The van der Waals surface area contributed by atoms with Crippen LogP contribution in [0.25, 0.3) is 11.1 Å². The van der Waals surface area contributed by atoms with Gasteiger partial charge in [-0.05, 0) is 41.3 Å². The topological polar surface area (TPSA) is 53.0 Å². The molecule has 3 atom stereocenters. The number of rotatable bonds is 6. The van der Waals surface area contributed by atoms with E-state index >= 15 is 0 Å². The highest BCUT2D eigenvalue weighted by atomic mass is 16.5. The number of nitrogens with zero attached hydrogens (tertiary/aromatic N) is 2. The first kappa shape index (κ1) is 21.7. The van der Waals surface area contributed by atoms with Gasteiger partial charge in [-0.15, -0.1) is 0 Å². The highest BCUT2D eigenvalue weighted by Gasteiger charge is 2.53. The fraction of sp³-hybridized carbons (Fsp3) is 0.321. The van der Waals surface area contributed by atoms with Crippen LogP contribution in [-0.2, 0) is 11.3 Å². The van der Waals surface area contributed by atoms with Crippen LogP contribution >= 0.6 is 0 Å². The van der Waals surface area contributed by atoms with Gasteiger partial charge in [0.2, 0.25) is 5.91 Å². The molecule has 3 aromatic carbocycles. The number of hydrogen-bond acceptors (Lipinski definition) is 4. The van der Waals surface area contributed by atoms with Crippen LogP contribution in [0.3, 0.4) is 0 Å². The van der Waals surface area contributed by atoms with Crippen LogP contribution in [0.1, 0.15) is 22.6 Å². The van der Waals surface area contributed by atoms with Crippen molar-refractivity contribution in [3.63, 3.8) is 0 Å². The molecule has 3 aromatic rings. The second kappa shape index (κ2) is 9.00.